The van der Waals surface area contributed by atoms with E-state index in [-0.39, 0.29) is 27.2 Å². The van der Waals surface area contributed by atoms with Gasteiger partial charge < -0.3 is 9.88 Å². The SMILES string of the molecule is O=C(C=Cc1ccccc1)Nc1c(S(=O)(=O)c2ccccc2)c2nc3ccccc3nc2n1C1CCCCC1. The van der Waals surface area contributed by atoms with Crippen LogP contribution in [0.5, 0.6) is 0 Å². The van der Waals surface area contributed by atoms with E-state index < -0.39 is 15.7 Å². The van der Waals surface area contributed by atoms with Crippen LogP contribution in [0.3, 0.4) is 0 Å². The van der Waals surface area contributed by atoms with E-state index in [1.165, 1.54) is 6.08 Å². The number of carbonyl (C=O) groups is 1. The van der Waals surface area contributed by atoms with Crippen molar-refractivity contribution in [1.29, 1.82) is 0 Å². The summed E-state index contributed by atoms with van der Waals surface area (Å²) in [5.41, 5.74) is 2.87. The van der Waals surface area contributed by atoms with Crippen LogP contribution in [-0.4, -0.2) is 28.9 Å². The number of fused-ring (bicyclic) bond motifs is 2. The van der Waals surface area contributed by atoms with E-state index in [1.807, 2.05) is 59.2 Å². The highest BCUT2D eigenvalue weighted by molar-refractivity contribution is 7.92. The first-order valence-corrected chi connectivity index (χ1v) is 14.7. The molecule has 1 aliphatic rings. The van der Waals surface area contributed by atoms with Gasteiger partial charge in [-0.15, -0.1) is 0 Å². The van der Waals surface area contributed by atoms with Gasteiger partial charge in [-0.2, -0.15) is 0 Å². The molecule has 196 valence electrons. The molecule has 0 atom stereocenters. The average molecular weight is 537 g/mol. The van der Waals surface area contributed by atoms with Crippen LogP contribution in [0.1, 0.15) is 43.7 Å². The lowest BCUT2D eigenvalue weighted by atomic mass is 9.95. The van der Waals surface area contributed by atoms with Crippen LogP contribution in [0.15, 0.2) is 101 Å². The number of anilines is 1. The zero-order chi connectivity index (χ0) is 26.8. The van der Waals surface area contributed by atoms with Gasteiger partial charge in [0.05, 0.1) is 15.9 Å². The van der Waals surface area contributed by atoms with Crippen molar-refractivity contribution < 1.29 is 13.2 Å². The van der Waals surface area contributed by atoms with Gasteiger partial charge >= 0.3 is 0 Å². The number of nitrogens with zero attached hydrogens (tertiary/aromatic N) is 3. The van der Waals surface area contributed by atoms with Crippen LogP contribution in [0, 0.1) is 0 Å². The summed E-state index contributed by atoms with van der Waals surface area (Å²) < 4.78 is 30.3. The fourth-order valence-corrected chi connectivity index (χ4v) is 6.86. The maximum atomic E-state index is 14.2. The molecular formula is C31H28N4O3S. The fourth-order valence-electron chi connectivity index (χ4n) is 5.32. The van der Waals surface area contributed by atoms with Crippen LogP contribution in [0.2, 0.25) is 0 Å². The van der Waals surface area contributed by atoms with Crippen LogP contribution in [0.4, 0.5) is 5.82 Å². The second-order valence-corrected chi connectivity index (χ2v) is 11.7. The fraction of sp³-hybridized carbons (Fsp3) is 0.194. The van der Waals surface area contributed by atoms with Crippen molar-refractivity contribution in [3.05, 3.63) is 96.6 Å². The molecule has 1 N–H and O–H groups in total. The number of sulfone groups is 1. The summed E-state index contributed by atoms with van der Waals surface area (Å²) in [4.78, 5) is 23.1. The van der Waals surface area contributed by atoms with Gasteiger partial charge in [-0.25, -0.2) is 18.4 Å². The van der Waals surface area contributed by atoms with Gasteiger partial charge in [0.1, 0.15) is 16.2 Å². The Kier molecular flexibility index (Phi) is 6.70. The highest BCUT2D eigenvalue weighted by Gasteiger charge is 2.34. The van der Waals surface area contributed by atoms with Gasteiger partial charge in [-0.1, -0.05) is 79.9 Å². The summed E-state index contributed by atoms with van der Waals surface area (Å²) in [7, 11) is -4.06. The van der Waals surface area contributed by atoms with Gasteiger partial charge in [-0.05, 0) is 48.7 Å². The van der Waals surface area contributed by atoms with E-state index in [9.17, 15) is 13.2 Å². The first-order chi connectivity index (χ1) is 19.0. The number of nitrogens with one attached hydrogen (secondary N) is 1. The largest absolute Gasteiger partial charge is 0.307 e. The monoisotopic (exact) mass is 536 g/mol. The van der Waals surface area contributed by atoms with E-state index in [4.69, 9.17) is 9.97 Å². The number of carbonyl (C=O) groups excluding carboxylic acids is 1. The summed E-state index contributed by atoms with van der Waals surface area (Å²) in [6, 6.07) is 25.2. The predicted octanol–water partition coefficient (Wildman–Crippen LogP) is 6.57. The number of hydrogen-bond donors (Lipinski definition) is 1. The molecule has 0 bridgehead atoms. The molecule has 0 unspecified atom stereocenters. The van der Waals surface area contributed by atoms with E-state index in [0.29, 0.717) is 16.7 Å². The quantitative estimate of drug-likeness (QED) is 0.248. The lowest BCUT2D eigenvalue weighted by Gasteiger charge is -2.26. The van der Waals surface area contributed by atoms with Gasteiger partial charge in [-0.3, -0.25) is 4.79 Å². The second kappa shape index (κ2) is 10.5. The molecule has 2 aromatic heterocycles. The van der Waals surface area contributed by atoms with Crippen molar-refractivity contribution in [1.82, 2.24) is 14.5 Å². The summed E-state index contributed by atoms with van der Waals surface area (Å²) in [5, 5.41) is 2.94. The van der Waals surface area contributed by atoms with Crippen LogP contribution in [0.25, 0.3) is 28.3 Å². The number of aromatic nitrogens is 3. The second-order valence-electron chi connectivity index (χ2n) is 9.77. The van der Waals surface area contributed by atoms with E-state index in [2.05, 4.69) is 5.32 Å². The standard InChI is InChI=1S/C31H28N4O3S/c36-27(21-20-22-12-4-1-5-13-22)34-31-29(39(37,38)24-16-8-3-9-17-24)28-30(35(31)23-14-6-2-7-15-23)33-26-19-11-10-18-25(26)32-28/h1,3-5,8-13,16-21,23H,2,6-7,14-15H2,(H,34,36). The van der Waals surface area contributed by atoms with Crippen molar-refractivity contribution in [3.8, 4) is 0 Å². The van der Waals surface area contributed by atoms with Gasteiger partial charge in [0.2, 0.25) is 15.7 Å². The molecule has 5 aromatic rings. The van der Waals surface area contributed by atoms with Crippen molar-refractivity contribution in [2.45, 2.75) is 47.9 Å². The van der Waals surface area contributed by atoms with Crippen LogP contribution in [-0.2, 0) is 14.6 Å². The Hall–Kier alpha value is -4.30. The molecule has 6 rings (SSSR count). The van der Waals surface area contributed by atoms with E-state index in [0.717, 1.165) is 37.7 Å². The number of rotatable bonds is 6. The molecular weight excluding hydrogens is 508 g/mol. The van der Waals surface area contributed by atoms with Crippen molar-refractivity contribution in [2.24, 2.45) is 0 Å². The third kappa shape index (κ3) is 4.83. The van der Waals surface area contributed by atoms with E-state index >= 15 is 0 Å². The minimum absolute atomic E-state index is 0.00941. The predicted molar refractivity (Wildman–Crippen MR) is 153 cm³/mol. The number of para-hydroxylation sites is 2. The smallest absolute Gasteiger partial charge is 0.249 e. The molecule has 0 spiro atoms. The summed E-state index contributed by atoms with van der Waals surface area (Å²) in [6.07, 6.45) is 8.03. The molecule has 3 aromatic carbocycles. The molecule has 39 heavy (non-hydrogen) atoms. The summed E-state index contributed by atoms with van der Waals surface area (Å²) in [5.74, 6) is -0.202. The van der Waals surface area contributed by atoms with Gasteiger partial charge in [0.25, 0.3) is 0 Å². The van der Waals surface area contributed by atoms with Gasteiger partial charge in [0, 0.05) is 12.1 Å². The Labute approximate surface area is 227 Å². The number of benzene rings is 3. The molecule has 1 amide bonds. The Balaban J connectivity index is 1.60. The first kappa shape index (κ1) is 25.0. The Bertz CT molecular complexity index is 1790. The summed E-state index contributed by atoms with van der Waals surface area (Å²) >= 11 is 0. The first-order valence-electron chi connectivity index (χ1n) is 13.2. The minimum atomic E-state index is -4.06. The molecule has 2 heterocycles. The third-order valence-corrected chi connectivity index (χ3v) is 9.00. The minimum Gasteiger partial charge on any atom is -0.307 e. The molecule has 1 saturated carbocycles. The van der Waals surface area contributed by atoms with E-state index in [1.54, 1.807) is 36.4 Å². The Morgan fingerprint density at radius 1 is 0.821 bits per heavy atom. The molecule has 0 aliphatic heterocycles. The zero-order valence-electron chi connectivity index (χ0n) is 21.3. The lowest BCUT2D eigenvalue weighted by molar-refractivity contribution is -0.111. The molecule has 1 fully saturated rings. The molecule has 1 aliphatic carbocycles. The van der Waals surface area contributed by atoms with Crippen molar-refractivity contribution in [3.63, 3.8) is 0 Å². The summed E-state index contributed by atoms with van der Waals surface area (Å²) in [6.45, 7) is 0. The van der Waals surface area contributed by atoms with Crippen LogP contribution < -0.4 is 5.32 Å². The highest BCUT2D eigenvalue weighted by atomic mass is 32.2. The van der Waals surface area contributed by atoms with Crippen molar-refractivity contribution in [2.75, 3.05) is 5.32 Å². The Morgan fingerprint density at radius 2 is 1.44 bits per heavy atom. The lowest BCUT2D eigenvalue weighted by Crippen LogP contribution is -2.20. The maximum Gasteiger partial charge on any atom is 0.249 e. The normalized spacial score (nSPS) is 14.8. The molecule has 0 radical (unpaired) electrons. The molecule has 8 heteroatoms. The molecule has 0 saturated heterocycles. The Morgan fingerprint density at radius 3 is 2.13 bits per heavy atom. The average Bonchev–Trinajstić information content (AvgIpc) is 3.29. The topological polar surface area (TPSA) is 93.9 Å². The number of amides is 1. The van der Waals surface area contributed by atoms with Crippen molar-refractivity contribution >= 4 is 49.8 Å². The number of hydrogen-bond acceptors (Lipinski definition) is 5. The van der Waals surface area contributed by atoms with Gasteiger partial charge in [0.15, 0.2) is 5.65 Å². The maximum absolute atomic E-state index is 14.2. The zero-order valence-corrected chi connectivity index (χ0v) is 22.1. The van der Waals surface area contributed by atoms with Crippen LogP contribution >= 0.6 is 0 Å². The third-order valence-electron chi connectivity index (χ3n) is 7.18. The molecule has 7 nitrogen and oxygen atoms in total. The highest BCUT2D eigenvalue weighted by Crippen LogP contribution is 2.42.